The zero-order valence-electron chi connectivity index (χ0n) is 14.7. The molecule has 0 spiro atoms. The molecule has 0 bridgehead atoms. The second-order valence-corrected chi connectivity index (χ2v) is 6.79. The molecule has 1 fully saturated rings. The van der Waals surface area contributed by atoms with Gasteiger partial charge in [-0.15, -0.1) is 0 Å². The summed E-state index contributed by atoms with van der Waals surface area (Å²) in [5.41, 5.74) is 7.36. The van der Waals surface area contributed by atoms with E-state index in [0.717, 1.165) is 31.8 Å². The number of ether oxygens (including phenoxy) is 1. The van der Waals surface area contributed by atoms with Crippen LogP contribution in [0.3, 0.4) is 0 Å². The second kappa shape index (κ2) is 7.28. The Balaban J connectivity index is 1.45. The molecule has 0 amide bonds. The summed E-state index contributed by atoms with van der Waals surface area (Å²) in [6.45, 7) is 5.86. The van der Waals surface area contributed by atoms with Crippen LogP contribution in [0.2, 0.25) is 0 Å². The molecule has 2 aromatic rings. The van der Waals surface area contributed by atoms with Gasteiger partial charge in [-0.1, -0.05) is 42.5 Å². The van der Waals surface area contributed by atoms with Crippen LogP contribution >= 0.6 is 0 Å². The number of fused-ring (bicyclic) bond motifs is 1. The van der Waals surface area contributed by atoms with Gasteiger partial charge in [0.25, 0.3) is 0 Å². The Bertz CT molecular complexity index is 727. The lowest BCUT2D eigenvalue weighted by molar-refractivity contribution is 0.220. The van der Waals surface area contributed by atoms with E-state index in [1.807, 2.05) is 6.92 Å². The van der Waals surface area contributed by atoms with Gasteiger partial charge in [0.05, 0.1) is 12.6 Å². The standard InChI is InChI=1S/C21H25N3O/c1-2-25-18-10-8-17(9-11-18)21-19-15-24(13-12-20(19)22-23-21)14-16-6-4-3-5-7-16/h3-11,19,21,23H,2,12-15H2,1H3. The van der Waals surface area contributed by atoms with Crippen LogP contribution in [0.25, 0.3) is 0 Å². The van der Waals surface area contributed by atoms with Gasteiger partial charge in [-0.2, -0.15) is 5.10 Å². The van der Waals surface area contributed by atoms with Crippen molar-refractivity contribution in [1.82, 2.24) is 10.3 Å². The zero-order valence-corrected chi connectivity index (χ0v) is 14.7. The number of hydrazone groups is 1. The van der Waals surface area contributed by atoms with Gasteiger partial charge in [0.2, 0.25) is 0 Å². The topological polar surface area (TPSA) is 36.9 Å². The first-order chi connectivity index (χ1) is 12.3. The third kappa shape index (κ3) is 3.54. The Morgan fingerprint density at radius 1 is 1.12 bits per heavy atom. The molecule has 25 heavy (non-hydrogen) atoms. The summed E-state index contributed by atoms with van der Waals surface area (Å²) in [6.07, 6.45) is 1.05. The molecule has 4 nitrogen and oxygen atoms in total. The maximum atomic E-state index is 5.56. The van der Waals surface area contributed by atoms with E-state index in [9.17, 15) is 0 Å². The summed E-state index contributed by atoms with van der Waals surface area (Å²) < 4.78 is 5.56. The van der Waals surface area contributed by atoms with Crippen molar-refractivity contribution in [1.29, 1.82) is 0 Å². The molecule has 0 radical (unpaired) electrons. The smallest absolute Gasteiger partial charge is 0.119 e. The van der Waals surface area contributed by atoms with Crippen molar-refractivity contribution < 1.29 is 4.74 Å². The number of nitrogens with zero attached hydrogens (tertiary/aromatic N) is 2. The van der Waals surface area contributed by atoms with Gasteiger partial charge in [-0.3, -0.25) is 4.90 Å². The largest absolute Gasteiger partial charge is 0.494 e. The molecule has 4 heteroatoms. The molecule has 130 valence electrons. The van der Waals surface area contributed by atoms with Crippen molar-refractivity contribution in [3.8, 4) is 5.75 Å². The normalized spacial score (nSPS) is 22.8. The van der Waals surface area contributed by atoms with E-state index in [4.69, 9.17) is 4.74 Å². The molecule has 2 unspecified atom stereocenters. The highest BCUT2D eigenvalue weighted by Crippen LogP contribution is 2.33. The van der Waals surface area contributed by atoms with Crippen LogP contribution in [0.1, 0.15) is 30.5 Å². The minimum Gasteiger partial charge on any atom is -0.494 e. The Labute approximate surface area is 149 Å². The number of benzene rings is 2. The Hall–Kier alpha value is -2.33. The minimum absolute atomic E-state index is 0.268. The molecule has 2 aliphatic rings. The first-order valence-electron chi connectivity index (χ1n) is 9.14. The highest BCUT2D eigenvalue weighted by Gasteiger charge is 2.36. The minimum atomic E-state index is 0.268. The second-order valence-electron chi connectivity index (χ2n) is 6.79. The average Bonchev–Trinajstić information content (AvgIpc) is 3.07. The number of hydrogen-bond acceptors (Lipinski definition) is 4. The van der Waals surface area contributed by atoms with Crippen LogP contribution in [-0.4, -0.2) is 30.3 Å². The summed E-state index contributed by atoms with van der Waals surface area (Å²) in [7, 11) is 0. The third-order valence-electron chi connectivity index (χ3n) is 5.12. The van der Waals surface area contributed by atoms with Crippen LogP contribution in [0.4, 0.5) is 0 Å². The maximum Gasteiger partial charge on any atom is 0.119 e. The number of likely N-dealkylation sites (tertiary alicyclic amines) is 1. The van der Waals surface area contributed by atoms with Gasteiger partial charge >= 0.3 is 0 Å². The summed E-state index contributed by atoms with van der Waals surface area (Å²) >= 11 is 0. The van der Waals surface area contributed by atoms with Crippen LogP contribution < -0.4 is 10.2 Å². The van der Waals surface area contributed by atoms with E-state index >= 15 is 0 Å². The fourth-order valence-corrected chi connectivity index (χ4v) is 3.84. The van der Waals surface area contributed by atoms with E-state index in [0.29, 0.717) is 12.5 Å². The third-order valence-corrected chi connectivity index (χ3v) is 5.12. The summed E-state index contributed by atoms with van der Waals surface area (Å²) in [6, 6.07) is 19.4. The van der Waals surface area contributed by atoms with Crippen molar-refractivity contribution >= 4 is 5.71 Å². The quantitative estimate of drug-likeness (QED) is 0.907. The fraction of sp³-hybridized carbons (Fsp3) is 0.381. The monoisotopic (exact) mass is 335 g/mol. The van der Waals surface area contributed by atoms with Gasteiger partial charge in [0.1, 0.15) is 5.75 Å². The number of nitrogens with one attached hydrogen (secondary N) is 1. The molecule has 0 aliphatic carbocycles. The predicted octanol–water partition coefficient (Wildman–Crippen LogP) is 3.61. The summed E-state index contributed by atoms with van der Waals surface area (Å²) in [5.74, 6) is 1.38. The molecular formula is C21H25N3O. The van der Waals surface area contributed by atoms with Gasteiger partial charge in [-0.05, 0) is 30.2 Å². The predicted molar refractivity (Wildman–Crippen MR) is 101 cm³/mol. The molecule has 0 saturated carbocycles. The fourth-order valence-electron chi connectivity index (χ4n) is 3.84. The van der Waals surface area contributed by atoms with Crippen molar-refractivity contribution in [2.75, 3.05) is 19.7 Å². The van der Waals surface area contributed by atoms with E-state index in [1.54, 1.807) is 0 Å². The van der Waals surface area contributed by atoms with Gasteiger partial charge in [0.15, 0.2) is 0 Å². The van der Waals surface area contributed by atoms with Crippen LogP contribution in [0, 0.1) is 5.92 Å². The summed E-state index contributed by atoms with van der Waals surface area (Å²) in [5, 5.41) is 4.62. The van der Waals surface area contributed by atoms with E-state index in [-0.39, 0.29) is 6.04 Å². The molecule has 2 aliphatic heterocycles. The number of rotatable bonds is 5. The van der Waals surface area contributed by atoms with Gasteiger partial charge < -0.3 is 10.2 Å². The zero-order chi connectivity index (χ0) is 17.1. The molecule has 2 atom stereocenters. The lowest BCUT2D eigenvalue weighted by atomic mass is 9.86. The lowest BCUT2D eigenvalue weighted by Gasteiger charge is -2.33. The molecular weight excluding hydrogens is 310 g/mol. The molecule has 0 aromatic heterocycles. The molecule has 4 rings (SSSR count). The van der Waals surface area contributed by atoms with Crippen LogP contribution in [-0.2, 0) is 6.54 Å². The molecule has 1 N–H and O–H groups in total. The Kier molecular flexibility index (Phi) is 4.70. The molecule has 1 saturated heterocycles. The van der Waals surface area contributed by atoms with Crippen molar-refractivity contribution in [3.63, 3.8) is 0 Å². The number of hydrogen-bond donors (Lipinski definition) is 1. The van der Waals surface area contributed by atoms with Crippen molar-refractivity contribution in [2.24, 2.45) is 11.0 Å². The molecule has 2 aromatic carbocycles. The van der Waals surface area contributed by atoms with Crippen LogP contribution in [0.5, 0.6) is 5.75 Å². The van der Waals surface area contributed by atoms with Crippen molar-refractivity contribution in [3.05, 3.63) is 65.7 Å². The first kappa shape index (κ1) is 16.2. The van der Waals surface area contributed by atoms with Crippen LogP contribution in [0.15, 0.2) is 59.7 Å². The number of piperidine rings is 1. The van der Waals surface area contributed by atoms with E-state index in [1.165, 1.54) is 16.8 Å². The average molecular weight is 335 g/mol. The summed E-state index contributed by atoms with van der Waals surface area (Å²) in [4.78, 5) is 2.55. The highest BCUT2D eigenvalue weighted by atomic mass is 16.5. The van der Waals surface area contributed by atoms with E-state index in [2.05, 4.69) is 70.0 Å². The Morgan fingerprint density at radius 3 is 2.68 bits per heavy atom. The van der Waals surface area contributed by atoms with Gasteiger partial charge in [-0.25, -0.2) is 0 Å². The Morgan fingerprint density at radius 2 is 1.92 bits per heavy atom. The first-order valence-corrected chi connectivity index (χ1v) is 9.14. The molecule has 2 heterocycles. The maximum absolute atomic E-state index is 5.56. The van der Waals surface area contributed by atoms with Crippen molar-refractivity contribution in [2.45, 2.75) is 25.9 Å². The highest BCUT2D eigenvalue weighted by molar-refractivity contribution is 5.89. The van der Waals surface area contributed by atoms with E-state index < -0.39 is 0 Å². The van der Waals surface area contributed by atoms with Gasteiger partial charge in [0, 0.05) is 37.7 Å². The lowest BCUT2D eigenvalue weighted by Crippen LogP contribution is -2.41. The SMILES string of the molecule is CCOc1ccc(C2NN=C3CCN(Cc4ccccc4)CC32)cc1.